The van der Waals surface area contributed by atoms with Crippen molar-refractivity contribution in [3.63, 3.8) is 0 Å². The van der Waals surface area contributed by atoms with Crippen LogP contribution in [0.2, 0.25) is 0 Å². The Kier molecular flexibility index (Phi) is 7.18. The Balaban J connectivity index is 1.71. The molecule has 162 valence electrons. The molecule has 0 bridgehead atoms. The van der Waals surface area contributed by atoms with Gasteiger partial charge >= 0.3 is 5.97 Å². The summed E-state index contributed by atoms with van der Waals surface area (Å²) in [6.45, 7) is 5.87. The van der Waals surface area contributed by atoms with Crippen LogP contribution >= 0.6 is 0 Å². The molecule has 1 N–H and O–H groups in total. The predicted octanol–water partition coefficient (Wildman–Crippen LogP) is 3.29. The minimum atomic E-state index is -0.488. The molecular formula is C24H27N3O4. The zero-order chi connectivity index (χ0) is 22.4. The van der Waals surface area contributed by atoms with Gasteiger partial charge in [-0.15, -0.1) is 0 Å². The first-order valence-electron chi connectivity index (χ1n) is 10.3. The van der Waals surface area contributed by atoms with Gasteiger partial charge in [-0.1, -0.05) is 42.0 Å². The zero-order valence-electron chi connectivity index (χ0n) is 18.0. The number of hydrogen-bond donors (Lipinski definition) is 1. The molecule has 0 saturated carbocycles. The Morgan fingerprint density at radius 3 is 2.52 bits per heavy atom. The number of amides is 1. The number of fused-ring (bicyclic) bond motifs is 1. The number of nitrogens with one attached hydrogen (secondary N) is 1. The molecule has 1 atom stereocenters. The fraction of sp³-hybridized carbons (Fsp3) is 0.333. The first-order chi connectivity index (χ1) is 14.8. The predicted molar refractivity (Wildman–Crippen MR) is 119 cm³/mol. The average molecular weight is 421 g/mol. The monoisotopic (exact) mass is 421 g/mol. The Labute approximate surface area is 181 Å². The van der Waals surface area contributed by atoms with Gasteiger partial charge in [0.2, 0.25) is 11.3 Å². The highest BCUT2D eigenvalue weighted by molar-refractivity contribution is 5.80. The number of benzene rings is 2. The van der Waals surface area contributed by atoms with Crippen molar-refractivity contribution < 1.29 is 14.3 Å². The van der Waals surface area contributed by atoms with Gasteiger partial charge in [-0.3, -0.25) is 19.1 Å². The highest BCUT2D eigenvalue weighted by Crippen LogP contribution is 2.19. The first-order valence-corrected chi connectivity index (χ1v) is 10.3. The molecule has 0 aliphatic rings. The molecule has 1 heterocycles. The molecule has 7 nitrogen and oxygen atoms in total. The minimum absolute atomic E-state index is 0.0478. The highest BCUT2D eigenvalue weighted by Gasteiger charge is 2.20. The maximum atomic E-state index is 12.7. The summed E-state index contributed by atoms with van der Waals surface area (Å²) in [4.78, 5) is 36.9. The van der Waals surface area contributed by atoms with Crippen LogP contribution < -0.4 is 10.7 Å². The van der Waals surface area contributed by atoms with E-state index in [-0.39, 0.29) is 36.3 Å². The molecule has 0 aliphatic heterocycles. The van der Waals surface area contributed by atoms with E-state index in [1.807, 2.05) is 37.3 Å². The van der Waals surface area contributed by atoms with Gasteiger partial charge < -0.3 is 10.1 Å². The van der Waals surface area contributed by atoms with Crippen molar-refractivity contribution in [2.75, 3.05) is 0 Å². The number of ether oxygens (including phenoxy) is 1. The molecule has 0 aliphatic carbocycles. The molecule has 7 heteroatoms. The molecule has 0 saturated heterocycles. The summed E-state index contributed by atoms with van der Waals surface area (Å²) in [5.74, 6) is -0.582. The summed E-state index contributed by atoms with van der Waals surface area (Å²) < 4.78 is 6.91. The van der Waals surface area contributed by atoms with Crippen LogP contribution in [0, 0.1) is 6.92 Å². The van der Waals surface area contributed by atoms with E-state index in [0.717, 1.165) is 11.1 Å². The molecule has 0 unspecified atom stereocenters. The van der Waals surface area contributed by atoms with Crippen molar-refractivity contribution in [2.45, 2.75) is 52.3 Å². The number of hydrogen-bond acceptors (Lipinski definition) is 5. The highest BCUT2D eigenvalue weighted by atomic mass is 16.5. The number of esters is 1. The maximum absolute atomic E-state index is 12.7. The van der Waals surface area contributed by atoms with Crippen LogP contribution in [-0.4, -0.2) is 27.8 Å². The van der Waals surface area contributed by atoms with Gasteiger partial charge in [0.1, 0.15) is 0 Å². The Hall–Kier alpha value is -3.48. The van der Waals surface area contributed by atoms with Crippen LogP contribution in [0.3, 0.4) is 0 Å². The SMILES string of the molecule is Cc1ccc([C@@H](CC(=O)OC(C)C)NC(=O)CCn2ncc(=O)c3ccccc32)cc1. The van der Waals surface area contributed by atoms with Crippen molar-refractivity contribution in [3.05, 3.63) is 76.1 Å². The Morgan fingerprint density at radius 1 is 1.10 bits per heavy atom. The zero-order valence-corrected chi connectivity index (χ0v) is 18.0. The quantitative estimate of drug-likeness (QED) is 0.564. The number of aryl methyl sites for hydroxylation is 2. The largest absolute Gasteiger partial charge is 0.463 e. The molecule has 2 aromatic carbocycles. The lowest BCUT2D eigenvalue weighted by Gasteiger charge is -2.20. The summed E-state index contributed by atoms with van der Waals surface area (Å²) in [5.41, 5.74) is 2.46. The fourth-order valence-corrected chi connectivity index (χ4v) is 3.34. The topological polar surface area (TPSA) is 90.3 Å². The van der Waals surface area contributed by atoms with Crippen molar-refractivity contribution in [1.29, 1.82) is 0 Å². The molecule has 1 amide bonds. The number of nitrogens with zero attached hydrogens (tertiary/aromatic N) is 2. The maximum Gasteiger partial charge on any atom is 0.308 e. The lowest BCUT2D eigenvalue weighted by molar-refractivity contribution is -0.148. The van der Waals surface area contributed by atoms with E-state index in [1.165, 1.54) is 6.20 Å². The van der Waals surface area contributed by atoms with E-state index in [0.29, 0.717) is 17.4 Å². The summed E-state index contributed by atoms with van der Waals surface area (Å²) >= 11 is 0. The second-order valence-electron chi connectivity index (χ2n) is 7.77. The number of carbonyl (C=O) groups excluding carboxylic acids is 2. The third-order valence-electron chi connectivity index (χ3n) is 4.87. The molecule has 31 heavy (non-hydrogen) atoms. The van der Waals surface area contributed by atoms with Crippen LogP contribution in [-0.2, 0) is 20.9 Å². The number of carbonyl (C=O) groups is 2. The molecule has 0 spiro atoms. The molecule has 3 rings (SSSR count). The Morgan fingerprint density at radius 2 is 1.81 bits per heavy atom. The minimum Gasteiger partial charge on any atom is -0.463 e. The van der Waals surface area contributed by atoms with Gasteiger partial charge in [0.25, 0.3) is 0 Å². The third-order valence-corrected chi connectivity index (χ3v) is 4.87. The van der Waals surface area contributed by atoms with Gasteiger partial charge in [0.15, 0.2) is 0 Å². The normalized spacial score (nSPS) is 12.0. The van der Waals surface area contributed by atoms with Gasteiger partial charge in [-0.05, 0) is 38.5 Å². The number of para-hydroxylation sites is 1. The van der Waals surface area contributed by atoms with E-state index >= 15 is 0 Å². The van der Waals surface area contributed by atoms with E-state index in [4.69, 9.17) is 4.74 Å². The summed E-state index contributed by atoms with van der Waals surface area (Å²) in [5, 5.41) is 7.66. The van der Waals surface area contributed by atoms with Crippen LogP contribution in [0.5, 0.6) is 0 Å². The van der Waals surface area contributed by atoms with Crippen molar-refractivity contribution >= 4 is 22.8 Å². The smallest absolute Gasteiger partial charge is 0.308 e. The molecule has 1 aromatic heterocycles. The van der Waals surface area contributed by atoms with Gasteiger partial charge in [-0.2, -0.15) is 5.10 Å². The lowest BCUT2D eigenvalue weighted by Crippen LogP contribution is -2.32. The molecule has 0 fully saturated rings. The first kappa shape index (κ1) is 22.2. The number of aromatic nitrogens is 2. The standard InChI is InChI=1S/C24H27N3O4/c1-16(2)31-24(30)14-20(18-10-8-17(3)9-11-18)26-23(29)12-13-27-21-7-5-4-6-19(21)22(28)15-25-27/h4-11,15-16,20H,12-14H2,1-3H3,(H,26,29)/t20-/m1/s1. The van der Waals surface area contributed by atoms with E-state index in [9.17, 15) is 14.4 Å². The molecular weight excluding hydrogens is 394 g/mol. The van der Waals surface area contributed by atoms with Crippen LogP contribution in [0.4, 0.5) is 0 Å². The van der Waals surface area contributed by atoms with Crippen LogP contribution in [0.1, 0.15) is 43.9 Å². The fourth-order valence-electron chi connectivity index (χ4n) is 3.34. The third kappa shape index (κ3) is 6.01. The van der Waals surface area contributed by atoms with Gasteiger partial charge in [-0.25, -0.2) is 0 Å². The summed E-state index contributed by atoms with van der Waals surface area (Å²) in [7, 11) is 0. The number of rotatable bonds is 8. The van der Waals surface area contributed by atoms with Crippen LogP contribution in [0.15, 0.2) is 59.5 Å². The van der Waals surface area contributed by atoms with E-state index < -0.39 is 6.04 Å². The van der Waals surface area contributed by atoms with Gasteiger partial charge in [0.05, 0.1) is 36.8 Å². The van der Waals surface area contributed by atoms with Crippen molar-refractivity contribution in [3.8, 4) is 0 Å². The van der Waals surface area contributed by atoms with Crippen LogP contribution in [0.25, 0.3) is 10.9 Å². The average Bonchev–Trinajstić information content (AvgIpc) is 2.73. The van der Waals surface area contributed by atoms with Crippen molar-refractivity contribution in [1.82, 2.24) is 15.1 Å². The van der Waals surface area contributed by atoms with Gasteiger partial charge in [0, 0.05) is 11.8 Å². The molecule has 0 radical (unpaired) electrons. The Bertz CT molecular complexity index is 1120. The second kappa shape index (κ2) is 10.0. The second-order valence-corrected chi connectivity index (χ2v) is 7.77. The molecule has 3 aromatic rings. The van der Waals surface area contributed by atoms with E-state index in [2.05, 4.69) is 10.4 Å². The van der Waals surface area contributed by atoms with Crippen molar-refractivity contribution in [2.24, 2.45) is 0 Å². The summed E-state index contributed by atoms with van der Waals surface area (Å²) in [6, 6.07) is 14.4. The van der Waals surface area contributed by atoms with E-state index in [1.54, 1.807) is 36.7 Å². The lowest BCUT2D eigenvalue weighted by atomic mass is 10.0. The summed E-state index contributed by atoms with van der Waals surface area (Å²) in [6.07, 6.45) is 1.24.